The Bertz CT molecular complexity index is 316. The van der Waals surface area contributed by atoms with Crippen LogP contribution in [-0.4, -0.2) is 10.5 Å². The molecule has 0 heterocycles. The molecule has 0 amide bonds. The van der Waals surface area contributed by atoms with Crippen LogP contribution in [0.3, 0.4) is 0 Å². The maximum Gasteiger partial charge on any atom is 0.351 e. The second kappa shape index (κ2) is 3.74. The molecule has 0 aromatic heterocycles. The lowest BCUT2D eigenvalue weighted by molar-refractivity contribution is -0.0458. The molecule has 1 N–H and O–H groups in total. The summed E-state index contributed by atoms with van der Waals surface area (Å²) in [6.07, 6.45) is -2.70. The van der Waals surface area contributed by atoms with Gasteiger partial charge in [-0.05, 0) is 23.7 Å². The number of halogens is 5. The topological polar surface area (TPSA) is 20.2 Å². The van der Waals surface area contributed by atoms with E-state index >= 15 is 0 Å². The van der Waals surface area contributed by atoms with Crippen LogP contribution in [0, 0.1) is 11.6 Å². The molecule has 0 fully saturated rings. The molecular weight excluding hydrogens is 224 g/mol. The molecule has 14 heavy (non-hydrogen) atoms. The van der Waals surface area contributed by atoms with E-state index in [0.717, 1.165) is 18.2 Å². The first-order valence-corrected chi connectivity index (χ1v) is 3.90. The Morgan fingerprint density at radius 3 is 2.00 bits per heavy atom. The van der Waals surface area contributed by atoms with Crippen LogP contribution in [0.5, 0.6) is 0 Å². The normalized spacial score (nSPS) is 14.1. The quantitative estimate of drug-likeness (QED) is 0.610. The van der Waals surface area contributed by atoms with Crippen LogP contribution in [0.15, 0.2) is 18.2 Å². The molecule has 0 aliphatic rings. The van der Waals surface area contributed by atoms with Crippen LogP contribution in [0.1, 0.15) is 11.7 Å². The zero-order valence-corrected chi connectivity index (χ0v) is 7.40. The molecule has 6 heteroatoms. The van der Waals surface area contributed by atoms with E-state index in [1.165, 1.54) is 0 Å². The predicted octanol–water partition coefficient (Wildman–Crippen LogP) is 2.83. The van der Waals surface area contributed by atoms with E-state index in [9.17, 15) is 17.6 Å². The van der Waals surface area contributed by atoms with Crippen molar-refractivity contribution in [2.45, 2.75) is 11.5 Å². The summed E-state index contributed by atoms with van der Waals surface area (Å²) in [6.45, 7) is 0. The molecule has 0 spiro atoms. The molecule has 0 aliphatic heterocycles. The number of aliphatic hydroxyl groups excluding tert-OH is 1. The lowest BCUT2D eigenvalue weighted by Gasteiger charge is -2.17. The molecule has 1 atom stereocenters. The first-order valence-electron chi connectivity index (χ1n) is 3.52. The SMILES string of the molecule is OC(c1c(F)cccc1F)C(F)(F)Cl. The molecule has 0 saturated carbocycles. The van der Waals surface area contributed by atoms with Crippen molar-refractivity contribution in [3.8, 4) is 0 Å². The van der Waals surface area contributed by atoms with Gasteiger partial charge in [-0.2, -0.15) is 8.78 Å². The van der Waals surface area contributed by atoms with Gasteiger partial charge in [0.2, 0.25) is 0 Å². The minimum atomic E-state index is -4.11. The van der Waals surface area contributed by atoms with E-state index in [4.69, 9.17) is 5.11 Å². The molecule has 0 radical (unpaired) electrons. The Morgan fingerprint density at radius 2 is 1.64 bits per heavy atom. The summed E-state index contributed by atoms with van der Waals surface area (Å²) in [4.78, 5) is 0. The summed E-state index contributed by atoms with van der Waals surface area (Å²) in [5, 5.41) is 4.75. The lowest BCUT2D eigenvalue weighted by Crippen LogP contribution is -2.21. The van der Waals surface area contributed by atoms with Crippen LogP contribution in [-0.2, 0) is 0 Å². The van der Waals surface area contributed by atoms with E-state index in [1.54, 1.807) is 0 Å². The smallest absolute Gasteiger partial charge is 0.351 e. The average Bonchev–Trinajstić information content (AvgIpc) is 2.01. The van der Waals surface area contributed by atoms with Crippen molar-refractivity contribution >= 4 is 11.6 Å². The summed E-state index contributed by atoms with van der Waals surface area (Å²) >= 11 is 4.45. The van der Waals surface area contributed by atoms with Crippen molar-refractivity contribution in [3.05, 3.63) is 35.4 Å². The van der Waals surface area contributed by atoms with Crippen LogP contribution < -0.4 is 0 Å². The fourth-order valence-electron chi connectivity index (χ4n) is 0.936. The Kier molecular flexibility index (Phi) is 3.01. The first-order chi connectivity index (χ1) is 6.34. The highest BCUT2D eigenvalue weighted by Gasteiger charge is 2.40. The molecule has 1 unspecified atom stereocenters. The van der Waals surface area contributed by atoms with E-state index in [-0.39, 0.29) is 0 Å². The van der Waals surface area contributed by atoms with Gasteiger partial charge in [0.1, 0.15) is 11.6 Å². The fourth-order valence-corrected chi connectivity index (χ4v) is 1.04. The van der Waals surface area contributed by atoms with Gasteiger partial charge < -0.3 is 5.11 Å². The zero-order chi connectivity index (χ0) is 10.9. The van der Waals surface area contributed by atoms with Gasteiger partial charge >= 0.3 is 5.38 Å². The van der Waals surface area contributed by atoms with Gasteiger partial charge in [-0.25, -0.2) is 8.78 Å². The van der Waals surface area contributed by atoms with Crippen molar-refractivity contribution in [2.75, 3.05) is 0 Å². The van der Waals surface area contributed by atoms with Crippen molar-refractivity contribution in [2.24, 2.45) is 0 Å². The molecule has 0 bridgehead atoms. The largest absolute Gasteiger partial charge is 0.380 e. The molecule has 1 rings (SSSR count). The summed E-state index contributed by atoms with van der Waals surface area (Å²) in [5.41, 5.74) is -1.13. The molecule has 1 aromatic rings. The van der Waals surface area contributed by atoms with E-state index < -0.39 is 28.7 Å². The first kappa shape index (κ1) is 11.3. The van der Waals surface area contributed by atoms with Crippen LogP contribution in [0.4, 0.5) is 17.6 Å². The monoisotopic (exact) mass is 228 g/mol. The van der Waals surface area contributed by atoms with Crippen LogP contribution in [0.25, 0.3) is 0 Å². The van der Waals surface area contributed by atoms with Crippen molar-refractivity contribution in [1.82, 2.24) is 0 Å². The number of hydrogen-bond acceptors (Lipinski definition) is 1. The lowest BCUT2D eigenvalue weighted by atomic mass is 10.1. The number of rotatable bonds is 2. The molecule has 1 aromatic carbocycles. The highest BCUT2D eigenvalue weighted by Crippen LogP contribution is 2.36. The maximum atomic E-state index is 12.8. The average molecular weight is 229 g/mol. The van der Waals surface area contributed by atoms with Gasteiger partial charge in [0.05, 0.1) is 5.56 Å². The van der Waals surface area contributed by atoms with Crippen molar-refractivity contribution < 1.29 is 22.7 Å². The number of alkyl halides is 3. The van der Waals surface area contributed by atoms with E-state index in [2.05, 4.69) is 11.6 Å². The highest BCUT2D eigenvalue weighted by molar-refractivity contribution is 6.22. The van der Waals surface area contributed by atoms with Gasteiger partial charge in [-0.15, -0.1) is 0 Å². The van der Waals surface area contributed by atoms with Gasteiger partial charge in [0.25, 0.3) is 0 Å². The third-order valence-corrected chi connectivity index (χ3v) is 1.79. The Labute approximate surface area is 81.9 Å². The highest BCUT2D eigenvalue weighted by atomic mass is 35.5. The summed E-state index contributed by atoms with van der Waals surface area (Å²) < 4.78 is 50.4. The number of benzene rings is 1. The second-order valence-corrected chi connectivity index (χ2v) is 3.08. The molecule has 0 aliphatic carbocycles. The Morgan fingerprint density at radius 1 is 1.21 bits per heavy atom. The van der Waals surface area contributed by atoms with Crippen molar-refractivity contribution in [3.63, 3.8) is 0 Å². The maximum absolute atomic E-state index is 12.8. The summed E-state index contributed by atoms with van der Waals surface area (Å²) in [5.74, 6) is -2.53. The summed E-state index contributed by atoms with van der Waals surface area (Å²) in [6, 6.07) is 2.50. The summed E-state index contributed by atoms with van der Waals surface area (Å²) in [7, 11) is 0. The fraction of sp³-hybridized carbons (Fsp3) is 0.250. The number of aliphatic hydroxyl groups is 1. The molecule has 0 saturated heterocycles. The predicted molar refractivity (Wildman–Crippen MR) is 42.1 cm³/mol. The van der Waals surface area contributed by atoms with Gasteiger partial charge in [0, 0.05) is 0 Å². The van der Waals surface area contributed by atoms with Gasteiger partial charge in [-0.3, -0.25) is 0 Å². The van der Waals surface area contributed by atoms with Crippen LogP contribution >= 0.6 is 11.6 Å². The standard InChI is InChI=1S/C8H5ClF4O/c9-8(12,13)7(14)6-4(10)2-1-3-5(6)11/h1-3,7,14H. The molecule has 78 valence electrons. The Hall–Kier alpha value is -0.810. The third-order valence-electron chi connectivity index (χ3n) is 1.58. The van der Waals surface area contributed by atoms with E-state index in [0.29, 0.717) is 0 Å². The zero-order valence-electron chi connectivity index (χ0n) is 6.65. The van der Waals surface area contributed by atoms with Crippen molar-refractivity contribution in [1.29, 1.82) is 0 Å². The number of hydrogen-bond donors (Lipinski definition) is 1. The third kappa shape index (κ3) is 2.16. The molecular formula is C8H5ClF4O. The minimum absolute atomic E-state index is 0.754. The Balaban J connectivity index is 3.19. The van der Waals surface area contributed by atoms with E-state index in [1.807, 2.05) is 0 Å². The molecule has 1 nitrogen and oxygen atoms in total. The van der Waals surface area contributed by atoms with Gasteiger partial charge in [0.15, 0.2) is 6.10 Å². The van der Waals surface area contributed by atoms with Gasteiger partial charge in [-0.1, -0.05) is 6.07 Å². The minimum Gasteiger partial charge on any atom is -0.380 e. The second-order valence-electron chi connectivity index (χ2n) is 2.58. The van der Waals surface area contributed by atoms with Crippen LogP contribution in [0.2, 0.25) is 0 Å².